The van der Waals surface area contributed by atoms with Gasteiger partial charge in [0.15, 0.2) is 0 Å². The molecule has 0 unspecified atom stereocenters. The summed E-state index contributed by atoms with van der Waals surface area (Å²) in [5.41, 5.74) is 0. The van der Waals surface area contributed by atoms with Gasteiger partial charge in [0.25, 0.3) is 0 Å². The highest BCUT2D eigenvalue weighted by Gasteiger charge is 2.25. The molecule has 0 N–H and O–H groups in total. The van der Waals surface area contributed by atoms with Crippen LogP contribution in [0.5, 0.6) is 0 Å². The molecule has 0 atom stereocenters. The first kappa shape index (κ1) is 16.1. The van der Waals surface area contributed by atoms with Crippen LogP contribution in [0.15, 0.2) is 43.5 Å². The fourth-order valence-corrected chi connectivity index (χ4v) is 4.70. The van der Waals surface area contributed by atoms with Gasteiger partial charge in [-0.3, -0.25) is 0 Å². The van der Waals surface area contributed by atoms with E-state index in [0.717, 1.165) is 19.7 Å². The van der Waals surface area contributed by atoms with E-state index in [1.54, 1.807) is 0 Å². The van der Waals surface area contributed by atoms with Crippen LogP contribution in [0.4, 0.5) is 4.39 Å². The molecule has 0 fully saturated rings. The third-order valence-corrected chi connectivity index (χ3v) is 6.59. The van der Waals surface area contributed by atoms with Crippen molar-refractivity contribution in [1.82, 2.24) is 4.31 Å². The quantitative estimate of drug-likeness (QED) is 0.710. The molecule has 2 aromatic rings. The van der Waals surface area contributed by atoms with Gasteiger partial charge in [-0.1, -0.05) is 15.9 Å². The maximum absolute atomic E-state index is 13.8. The van der Waals surface area contributed by atoms with E-state index >= 15 is 0 Å². The Kier molecular flexibility index (Phi) is 5.01. The van der Waals surface area contributed by atoms with Crippen LogP contribution in [-0.2, 0) is 16.6 Å². The molecule has 2 rings (SSSR count). The fraction of sp³-hybridized carbons (Fsp3) is 0.167. The summed E-state index contributed by atoms with van der Waals surface area (Å²) in [4.78, 5) is 0.555. The van der Waals surface area contributed by atoms with Crippen LogP contribution in [0.25, 0.3) is 0 Å². The Balaban J connectivity index is 2.29. The van der Waals surface area contributed by atoms with Crippen molar-refractivity contribution in [3.8, 4) is 0 Å². The number of halogens is 3. The third-order valence-electron chi connectivity index (χ3n) is 2.58. The Labute approximate surface area is 137 Å². The minimum Gasteiger partial charge on any atom is -0.207 e. The van der Waals surface area contributed by atoms with E-state index in [1.165, 1.54) is 30.5 Å². The number of rotatable bonds is 4. The molecule has 0 aliphatic rings. The van der Waals surface area contributed by atoms with E-state index in [1.807, 2.05) is 11.4 Å². The molecule has 1 aromatic carbocycles. The normalized spacial score (nSPS) is 12.1. The number of hydrogen-bond donors (Lipinski definition) is 0. The van der Waals surface area contributed by atoms with E-state index in [2.05, 4.69) is 31.9 Å². The number of hydrogen-bond acceptors (Lipinski definition) is 3. The molecule has 0 radical (unpaired) electrons. The van der Waals surface area contributed by atoms with Gasteiger partial charge in [0.2, 0.25) is 10.0 Å². The summed E-state index contributed by atoms with van der Waals surface area (Å²) < 4.78 is 41.0. The maximum atomic E-state index is 13.8. The summed E-state index contributed by atoms with van der Waals surface area (Å²) in [5, 5.41) is 1.87. The summed E-state index contributed by atoms with van der Waals surface area (Å²) >= 11 is 7.86. The Hall–Kier alpha value is -0.280. The van der Waals surface area contributed by atoms with Crippen LogP contribution in [0, 0.1) is 5.82 Å². The summed E-state index contributed by atoms with van der Waals surface area (Å²) in [6, 6.07) is 5.75. The van der Waals surface area contributed by atoms with Gasteiger partial charge in [0.05, 0.1) is 0 Å². The number of nitrogens with zero attached hydrogens (tertiary/aromatic N) is 1. The van der Waals surface area contributed by atoms with Crippen molar-refractivity contribution in [2.24, 2.45) is 0 Å². The molecule has 108 valence electrons. The van der Waals surface area contributed by atoms with Crippen molar-refractivity contribution in [1.29, 1.82) is 0 Å². The van der Waals surface area contributed by atoms with Gasteiger partial charge in [-0.05, 0) is 40.2 Å². The molecule has 1 heterocycles. The van der Waals surface area contributed by atoms with Gasteiger partial charge < -0.3 is 0 Å². The van der Waals surface area contributed by atoms with Crippen molar-refractivity contribution < 1.29 is 12.8 Å². The molecular formula is C12H10Br2FNO2S2. The van der Waals surface area contributed by atoms with Gasteiger partial charge in [-0.25, -0.2) is 12.8 Å². The lowest BCUT2D eigenvalue weighted by atomic mass is 10.3. The van der Waals surface area contributed by atoms with Crippen LogP contribution in [0.1, 0.15) is 4.88 Å². The van der Waals surface area contributed by atoms with Crippen molar-refractivity contribution in [2.45, 2.75) is 11.4 Å². The summed E-state index contributed by atoms with van der Waals surface area (Å²) in [6.45, 7) is 0.202. The molecule has 8 heteroatoms. The third kappa shape index (κ3) is 3.48. The SMILES string of the molecule is CN(Cc1cc(Br)cs1)S(=O)(=O)c1ccc(Br)cc1F. The van der Waals surface area contributed by atoms with Gasteiger partial charge in [0, 0.05) is 32.8 Å². The largest absolute Gasteiger partial charge is 0.246 e. The Morgan fingerprint density at radius 3 is 2.50 bits per heavy atom. The lowest BCUT2D eigenvalue weighted by Gasteiger charge is -2.16. The topological polar surface area (TPSA) is 37.4 Å². The average Bonchev–Trinajstić information content (AvgIpc) is 2.74. The highest BCUT2D eigenvalue weighted by molar-refractivity contribution is 9.10. The fourth-order valence-electron chi connectivity index (χ4n) is 1.59. The van der Waals surface area contributed by atoms with Gasteiger partial charge in [-0.2, -0.15) is 4.31 Å². The number of benzene rings is 1. The monoisotopic (exact) mass is 441 g/mol. The van der Waals surface area contributed by atoms with Crippen molar-refractivity contribution in [2.75, 3.05) is 7.05 Å². The van der Waals surface area contributed by atoms with Crippen molar-refractivity contribution in [3.05, 3.63) is 49.3 Å². The molecule has 3 nitrogen and oxygen atoms in total. The second-order valence-electron chi connectivity index (χ2n) is 4.07. The molecule has 1 aromatic heterocycles. The van der Waals surface area contributed by atoms with Gasteiger partial charge in [0.1, 0.15) is 10.7 Å². The lowest BCUT2D eigenvalue weighted by Crippen LogP contribution is -2.26. The van der Waals surface area contributed by atoms with E-state index in [4.69, 9.17) is 0 Å². The first-order valence-electron chi connectivity index (χ1n) is 5.45. The minimum atomic E-state index is -3.85. The Morgan fingerprint density at radius 2 is 1.95 bits per heavy atom. The molecule has 0 aliphatic carbocycles. The molecule has 0 saturated carbocycles. The van der Waals surface area contributed by atoms with Gasteiger partial charge in [-0.15, -0.1) is 11.3 Å². The highest BCUT2D eigenvalue weighted by Crippen LogP contribution is 2.25. The smallest absolute Gasteiger partial charge is 0.207 e. The molecular weight excluding hydrogens is 433 g/mol. The molecule has 0 bridgehead atoms. The highest BCUT2D eigenvalue weighted by atomic mass is 79.9. The van der Waals surface area contributed by atoms with Crippen LogP contribution in [0.2, 0.25) is 0 Å². The van der Waals surface area contributed by atoms with Crippen molar-refractivity contribution >= 4 is 53.2 Å². The number of thiophene rings is 1. The standard InChI is InChI=1S/C12H10Br2FNO2S2/c1-16(6-10-4-9(14)7-19-10)20(17,18)12-3-2-8(13)5-11(12)15/h2-5,7H,6H2,1H3. The predicted molar refractivity (Wildman–Crippen MR) is 84.8 cm³/mol. The average molecular weight is 443 g/mol. The first-order chi connectivity index (χ1) is 9.30. The lowest BCUT2D eigenvalue weighted by molar-refractivity contribution is 0.462. The Morgan fingerprint density at radius 1 is 1.25 bits per heavy atom. The zero-order chi connectivity index (χ0) is 14.9. The molecule has 0 amide bonds. The second kappa shape index (κ2) is 6.23. The second-order valence-corrected chi connectivity index (χ2v) is 8.91. The first-order valence-corrected chi connectivity index (χ1v) is 9.35. The Bertz CT molecular complexity index is 731. The zero-order valence-corrected chi connectivity index (χ0v) is 15.1. The maximum Gasteiger partial charge on any atom is 0.246 e. The number of sulfonamides is 1. The van der Waals surface area contributed by atoms with Crippen LogP contribution < -0.4 is 0 Å². The zero-order valence-electron chi connectivity index (χ0n) is 10.3. The molecule has 0 aliphatic heterocycles. The molecule has 0 saturated heterocycles. The van der Waals surface area contributed by atoms with Gasteiger partial charge >= 0.3 is 0 Å². The van der Waals surface area contributed by atoms with Crippen LogP contribution in [-0.4, -0.2) is 19.8 Å². The van der Waals surface area contributed by atoms with E-state index < -0.39 is 15.8 Å². The summed E-state index contributed by atoms with van der Waals surface area (Å²) in [5.74, 6) is -0.765. The minimum absolute atomic E-state index is 0.202. The van der Waals surface area contributed by atoms with E-state index in [-0.39, 0.29) is 11.4 Å². The summed E-state index contributed by atoms with van der Waals surface area (Å²) in [7, 11) is -2.41. The van der Waals surface area contributed by atoms with Crippen molar-refractivity contribution in [3.63, 3.8) is 0 Å². The van der Waals surface area contributed by atoms with Crippen LogP contribution >= 0.6 is 43.2 Å². The molecule has 20 heavy (non-hydrogen) atoms. The van der Waals surface area contributed by atoms with E-state index in [0.29, 0.717) is 4.47 Å². The molecule has 0 spiro atoms. The van der Waals surface area contributed by atoms with Crippen LogP contribution in [0.3, 0.4) is 0 Å². The summed E-state index contributed by atoms with van der Waals surface area (Å²) in [6.07, 6.45) is 0. The predicted octanol–water partition coefficient (Wildman–Crippen LogP) is 4.23. The van der Waals surface area contributed by atoms with E-state index in [9.17, 15) is 12.8 Å².